The minimum absolute atomic E-state index is 0.0404. The Kier molecular flexibility index (Phi) is 6.19. The van der Waals surface area contributed by atoms with Crippen molar-refractivity contribution in [3.8, 4) is 5.75 Å². The van der Waals surface area contributed by atoms with Crippen LogP contribution in [0.3, 0.4) is 0 Å². The third kappa shape index (κ3) is 4.48. The number of benzene rings is 1. The lowest BCUT2D eigenvalue weighted by Gasteiger charge is -2.32. The zero-order valence-electron chi connectivity index (χ0n) is 17.6. The molecular weight excluding hydrogens is 437 g/mol. The van der Waals surface area contributed by atoms with Crippen LogP contribution in [0, 0.1) is 0 Å². The molecule has 0 saturated carbocycles. The molecule has 0 aliphatic carbocycles. The van der Waals surface area contributed by atoms with Crippen molar-refractivity contribution in [1.82, 2.24) is 19.8 Å². The van der Waals surface area contributed by atoms with Gasteiger partial charge in [-0.2, -0.15) is 0 Å². The van der Waals surface area contributed by atoms with Gasteiger partial charge in [-0.25, -0.2) is 9.37 Å². The monoisotopic (exact) mass is 459 g/mol. The van der Waals surface area contributed by atoms with Gasteiger partial charge in [-0.1, -0.05) is 0 Å². The third-order valence-corrected chi connectivity index (χ3v) is 6.13. The van der Waals surface area contributed by atoms with Gasteiger partial charge in [0.15, 0.2) is 0 Å². The minimum Gasteiger partial charge on any atom is -0.459 e. The molecular formula is C21H22FN5O4S. The third-order valence-electron chi connectivity index (χ3n) is 5.16. The van der Waals surface area contributed by atoms with E-state index in [9.17, 15) is 18.8 Å². The highest BCUT2D eigenvalue weighted by molar-refractivity contribution is 7.17. The molecule has 1 aliphatic rings. The van der Waals surface area contributed by atoms with Crippen molar-refractivity contribution in [2.45, 2.75) is 13.3 Å². The van der Waals surface area contributed by atoms with Crippen molar-refractivity contribution in [2.75, 3.05) is 38.5 Å². The zero-order chi connectivity index (χ0) is 22.8. The first-order chi connectivity index (χ1) is 15.3. The van der Waals surface area contributed by atoms with Crippen molar-refractivity contribution in [2.24, 2.45) is 0 Å². The van der Waals surface area contributed by atoms with Gasteiger partial charge in [-0.15, -0.1) is 11.3 Å². The summed E-state index contributed by atoms with van der Waals surface area (Å²) in [7, 11) is 2.00. The van der Waals surface area contributed by atoms with Crippen LogP contribution in [-0.4, -0.2) is 71.2 Å². The number of likely N-dealkylation sites (N-methyl/N-ethyl adjacent to an activating group) is 1. The summed E-state index contributed by atoms with van der Waals surface area (Å²) in [5.74, 6) is -0.665. The SMILES string of the molecule is CC(F)Oc1cc(C(=O)N2CCN(C)CC2)ccc1NC(=O)c1csc2c(=O)[nH]cnc12. The number of H-pyrrole nitrogens is 1. The van der Waals surface area contributed by atoms with Crippen molar-refractivity contribution in [1.29, 1.82) is 0 Å². The predicted molar refractivity (Wildman–Crippen MR) is 119 cm³/mol. The van der Waals surface area contributed by atoms with Gasteiger partial charge in [0.1, 0.15) is 16.0 Å². The number of ether oxygens (including phenoxy) is 1. The number of nitrogens with one attached hydrogen (secondary N) is 2. The molecule has 0 radical (unpaired) electrons. The van der Waals surface area contributed by atoms with Gasteiger partial charge in [-0.3, -0.25) is 14.4 Å². The lowest BCUT2D eigenvalue weighted by molar-refractivity contribution is 0.0659. The normalized spacial score (nSPS) is 15.5. The molecule has 32 heavy (non-hydrogen) atoms. The quantitative estimate of drug-likeness (QED) is 0.606. The maximum absolute atomic E-state index is 13.7. The number of carbonyl (C=O) groups is 2. The number of aromatic amines is 1. The van der Waals surface area contributed by atoms with Crippen LogP contribution in [0.4, 0.5) is 10.1 Å². The van der Waals surface area contributed by atoms with E-state index in [1.165, 1.54) is 30.8 Å². The Morgan fingerprint density at radius 3 is 2.75 bits per heavy atom. The number of aromatic nitrogens is 2. The summed E-state index contributed by atoms with van der Waals surface area (Å²) in [6.07, 6.45) is -0.423. The fraction of sp³-hybridized carbons (Fsp3) is 0.333. The Labute approximate surface area is 186 Å². The summed E-state index contributed by atoms with van der Waals surface area (Å²) >= 11 is 1.10. The van der Waals surface area contributed by atoms with E-state index in [2.05, 4.69) is 20.2 Å². The van der Waals surface area contributed by atoms with Gasteiger partial charge >= 0.3 is 0 Å². The first-order valence-corrected chi connectivity index (χ1v) is 10.9. The Morgan fingerprint density at radius 2 is 2.03 bits per heavy atom. The molecule has 1 aromatic carbocycles. The molecule has 1 unspecified atom stereocenters. The van der Waals surface area contributed by atoms with Crippen LogP contribution in [0.15, 0.2) is 34.7 Å². The summed E-state index contributed by atoms with van der Waals surface area (Å²) in [5, 5.41) is 4.21. The molecule has 4 rings (SSSR count). The number of hydrogen-bond acceptors (Lipinski definition) is 7. The first-order valence-electron chi connectivity index (χ1n) is 10.0. The number of piperazine rings is 1. The average molecular weight is 460 g/mol. The van der Waals surface area contributed by atoms with E-state index in [0.29, 0.717) is 23.4 Å². The number of alkyl halides is 1. The number of rotatable bonds is 5. The molecule has 1 saturated heterocycles. The molecule has 0 spiro atoms. The van der Waals surface area contributed by atoms with Crippen LogP contribution < -0.4 is 15.6 Å². The fourth-order valence-electron chi connectivity index (χ4n) is 3.44. The van der Waals surface area contributed by atoms with Gasteiger partial charge in [0, 0.05) is 44.0 Å². The summed E-state index contributed by atoms with van der Waals surface area (Å²) in [4.78, 5) is 48.0. The summed E-state index contributed by atoms with van der Waals surface area (Å²) in [6, 6.07) is 4.51. The Hall–Kier alpha value is -3.31. The summed E-state index contributed by atoms with van der Waals surface area (Å²) in [6.45, 7) is 3.96. The van der Waals surface area contributed by atoms with Crippen molar-refractivity contribution in [3.63, 3.8) is 0 Å². The summed E-state index contributed by atoms with van der Waals surface area (Å²) in [5.41, 5.74) is 0.712. The van der Waals surface area contributed by atoms with E-state index in [0.717, 1.165) is 24.4 Å². The highest BCUT2D eigenvalue weighted by Crippen LogP contribution is 2.30. The number of anilines is 1. The number of fused-ring (bicyclic) bond motifs is 1. The highest BCUT2D eigenvalue weighted by Gasteiger charge is 2.23. The number of halogens is 1. The Balaban J connectivity index is 1.60. The molecule has 11 heteroatoms. The molecule has 9 nitrogen and oxygen atoms in total. The standard InChI is InChI=1S/C21H22FN5O4S/c1-12(22)31-16-9-13(21(30)27-7-5-26(2)6-8-27)3-4-15(16)25-19(28)14-10-32-18-17(14)23-11-24-20(18)29/h3-4,9-12H,5-8H2,1-2H3,(H,25,28)(H,23,24,29). The number of nitrogens with zero attached hydrogens (tertiary/aromatic N) is 3. The highest BCUT2D eigenvalue weighted by atomic mass is 32.1. The van der Waals surface area contributed by atoms with E-state index >= 15 is 0 Å². The van der Waals surface area contributed by atoms with Crippen LogP contribution in [0.2, 0.25) is 0 Å². The molecule has 1 aliphatic heterocycles. The van der Waals surface area contributed by atoms with Crippen LogP contribution in [0.25, 0.3) is 10.2 Å². The van der Waals surface area contributed by atoms with Gasteiger partial charge in [0.05, 0.1) is 17.6 Å². The van der Waals surface area contributed by atoms with Crippen molar-refractivity contribution < 1.29 is 18.7 Å². The van der Waals surface area contributed by atoms with Gasteiger partial charge in [-0.05, 0) is 25.2 Å². The molecule has 3 heterocycles. The number of hydrogen-bond donors (Lipinski definition) is 2. The van der Waals surface area contributed by atoms with Crippen molar-refractivity contribution >= 4 is 39.1 Å². The largest absolute Gasteiger partial charge is 0.459 e. The van der Waals surface area contributed by atoms with Crippen LogP contribution in [0.1, 0.15) is 27.6 Å². The summed E-state index contributed by atoms with van der Waals surface area (Å²) < 4.78 is 19.2. The van der Waals surface area contributed by atoms with Gasteiger partial charge in [0.25, 0.3) is 17.4 Å². The van der Waals surface area contributed by atoms with Crippen LogP contribution in [-0.2, 0) is 0 Å². The van der Waals surface area contributed by atoms with Crippen LogP contribution in [0.5, 0.6) is 5.75 Å². The van der Waals surface area contributed by atoms with Crippen molar-refractivity contribution in [3.05, 3.63) is 51.4 Å². The fourth-order valence-corrected chi connectivity index (χ4v) is 4.33. The zero-order valence-corrected chi connectivity index (χ0v) is 18.4. The second-order valence-corrected chi connectivity index (χ2v) is 8.36. The number of thiophene rings is 1. The second kappa shape index (κ2) is 9.05. The van der Waals surface area contributed by atoms with E-state index in [-0.39, 0.29) is 34.0 Å². The molecule has 168 valence electrons. The lowest BCUT2D eigenvalue weighted by Crippen LogP contribution is -2.47. The molecule has 2 amide bonds. The van der Waals surface area contributed by atoms with Gasteiger partial charge < -0.3 is 24.8 Å². The Bertz CT molecular complexity index is 1220. The van der Waals surface area contributed by atoms with E-state index in [1.807, 2.05) is 7.05 Å². The topological polar surface area (TPSA) is 108 Å². The maximum atomic E-state index is 13.7. The molecule has 0 bridgehead atoms. The molecule has 2 aromatic heterocycles. The molecule has 2 N–H and O–H groups in total. The molecule has 1 fully saturated rings. The molecule has 3 aromatic rings. The number of amides is 2. The molecule has 1 atom stereocenters. The predicted octanol–water partition coefficient (Wildman–Crippen LogP) is 2.32. The van der Waals surface area contributed by atoms with Crippen LogP contribution >= 0.6 is 11.3 Å². The average Bonchev–Trinajstić information content (AvgIpc) is 3.20. The van der Waals surface area contributed by atoms with Gasteiger partial charge in [0.2, 0.25) is 6.36 Å². The lowest BCUT2D eigenvalue weighted by atomic mass is 10.1. The smallest absolute Gasteiger partial charge is 0.268 e. The Morgan fingerprint density at radius 1 is 1.28 bits per heavy atom. The maximum Gasteiger partial charge on any atom is 0.268 e. The van der Waals surface area contributed by atoms with E-state index in [1.54, 1.807) is 11.0 Å². The van der Waals surface area contributed by atoms with E-state index < -0.39 is 12.3 Å². The first kappa shape index (κ1) is 21.9. The number of carbonyl (C=O) groups excluding carboxylic acids is 2. The minimum atomic E-state index is -1.65. The second-order valence-electron chi connectivity index (χ2n) is 7.48. The van der Waals surface area contributed by atoms with E-state index in [4.69, 9.17) is 4.74 Å².